The highest BCUT2D eigenvalue weighted by atomic mass is 16.6. The molecule has 2 saturated carbocycles. The number of hydrogen-bond donors (Lipinski definition) is 2. The lowest BCUT2D eigenvalue weighted by Gasteiger charge is -2.59. The molecular weight excluding hydrogens is 304 g/mol. The number of rotatable bonds is 2. The summed E-state index contributed by atoms with van der Waals surface area (Å²) in [5.74, 6) is -0.184. The van der Waals surface area contributed by atoms with Gasteiger partial charge in [-0.3, -0.25) is 0 Å². The molecule has 0 saturated heterocycles. The zero-order valence-electron chi connectivity index (χ0n) is 14.8. The molecule has 4 heteroatoms. The quantitative estimate of drug-likeness (QED) is 0.602. The lowest BCUT2D eigenvalue weighted by molar-refractivity contribution is -0.150. The van der Waals surface area contributed by atoms with Crippen LogP contribution < -0.4 is 0 Å². The fourth-order valence-corrected chi connectivity index (χ4v) is 5.53. The Hall–Kier alpha value is -1.39. The number of fused-ring (bicyclic) bond motifs is 1. The average Bonchev–Trinajstić information content (AvgIpc) is 2.74. The molecule has 2 aliphatic carbocycles. The Morgan fingerprint density at radius 2 is 2.00 bits per heavy atom. The van der Waals surface area contributed by atoms with E-state index in [0.717, 1.165) is 24.8 Å². The fourth-order valence-electron chi connectivity index (χ4n) is 5.53. The van der Waals surface area contributed by atoms with Crippen LogP contribution in [0.25, 0.3) is 0 Å². The summed E-state index contributed by atoms with van der Waals surface area (Å²) in [7, 11) is 0. The first kappa shape index (κ1) is 17.4. The summed E-state index contributed by atoms with van der Waals surface area (Å²) in [4.78, 5) is 11.7. The highest BCUT2D eigenvalue weighted by Gasteiger charge is 2.55. The lowest BCUT2D eigenvalue weighted by Crippen LogP contribution is -2.55. The third-order valence-corrected chi connectivity index (χ3v) is 6.35. The molecule has 2 fully saturated rings. The Bertz CT molecular complexity index is 615. The van der Waals surface area contributed by atoms with Crippen LogP contribution in [-0.2, 0) is 9.53 Å². The van der Waals surface area contributed by atoms with Crippen molar-refractivity contribution in [2.75, 3.05) is 0 Å². The third kappa shape index (κ3) is 2.76. The summed E-state index contributed by atoms with van der Waals surface area (Å²) < 4.78 is 4.73. The molecule has 3 rings (SSSR count). The number of hydrogen-bond acceptors (Lipinski definition) is 4. The number of allylic oxidation sites excluding steroid dienone is 1. The molecule has 1 aliphatic heterocycles. The first-order valence-electron chi connectivity index (χ1n) is 8.80. The Balaban J connectivity index is 1.93. The number of carbonyl (C=O) groups is 1. The van der Waals surface area contributed by atoms with Crippen molar-refractivity contribution in [1.29, 1.82) is 0 Å². The molecule has 2 N–H and O–H groups in total. The van der Waals surface area contributed by atoms with E-state index >= 15 is 0 Å². The molecule has 0 amide bonds. The van der Waals surface area contributed by atoms with Crippen molar-refractivity contribution in [2.45, 2.75) is 58.8 Å². The molecule has 3 aliphatic rings. The summed E-state index contributed by atoms with van der Waals surface area (Å²) in [6.07, 6.45) is 7.58. The number of cyclic esters (lactones) is 1. The molecule has 1 unspecified atom stereocenters. The van der Waals surface area contributed by atoms with Gasteiger partial charge in [0.1, 0.15) is 0 Å². The molecule has 0 spiro atoms. The maximum Gasteiger partial charge on any atom is 0.340 e. The second kappa shape index (κ2) is 5.85. The monoisotopic (exact) mass is 332 g/mol. The molecule has 24 heavy (non-hydrogen) atoms. The van der Waals surface area contributed by atoms with Crippen molar-refractivity contribution in [3.63, 3.8) is 0 Å². The minimum absolute atomic E-state index is 0.0747. The van der Waals surface area contributed by atoms with Crippen molar-refractivity contribution >= 4 is 5.97 Å². The summed E-state index contributed by atoms with van der Waals surface area (Å²) in [6.45, 7) is 11.0. The Morgan fingerprint density at radius 1 is 1.29 bits per heavy atom. The summed E-state index contributed by atoms with van der Waals surface area (Å²) in [6, 6.07) is 0. The number of ether oxygens (including phenoxy) is 1. The molecule has 0 aromatic rings. The summed E-state index contributed by atoms with van der Waals surface area (Å²) in [5, 5.41) is 20.1. The largest absolute Gasteiger partial charge is 0.429 e. The maximum atomic E-state index is 11.7. The Labute approximate surface area is 143 Å². The summed E-state index contributed by atoms with van der Waals surface area (Å²) in [5.41, 5.74) is 1.41. The van der Waals surface area contributed by atoms with Crippen molar-refractivity contribution in [3.8, 4) is 0 Å². The smallest absolute Gasteiger partial charge is 0.340 e. The second-order valence-corrected chi connectivity index (χ2v) is 8.51. The Morgan fingerprint density at radius 3 is 2.62 bits per heavy atom. The van der Waals surface area contributed by atoms with E-state index in [-0.39, 0.29) is 28.8 Å². The van der Waals surface area contributed by atoms with E-state index in [1.54, 1.807) is 6.08 Å². The first-order chi connectivity index (χ1) is 11.1. The van der Waals surface area contributed by atoms with Crippen LogP contribution in [0.15, 0.2) is 36.0 Å². The van der Waals surface area contributed by atoms with Crippen LogP contribution >= 0.6 is 0 Å². The number of esters is 1. The van der Waals surface area contributed by atoms with Crippen LogP contribution in [0, 0.1) is 22.7 Å². The zero-order valence-corrected chi connectivity index (χ0v) is 14.8. The zero-order chi connectivity index (χ0) is 17.7. The van der Waals surface area contributed by atoms with Gasteiger partial charge in [0.25, 0.3) is 0 Å². The van der Waals surface area contributed by atoms with E-state index < -0.39 is 12.3 Å². The van der Waals surface area contributed by atoms with E-state index in [9.17, 15) is 15.0 Å². The van der Waals surface area contributed by atoms with E-state index in [0.29, 0.717) is 12.0 Å². The van der Waals surface area contributed by atoms with Crippen LogP contribution in [-0.4, -0.2) is 28.6 Å². The lowest BCUT2D eigenvalue weighted by atomic mass is 9.47. The minimum atomic E-state index is -1.15. The number of aliphatic hydroxyl groups excluding tert-OH is 2. The van der Waals surface area contributed by atoms with Crippen molar-refractivity contribution < 1.29 is 19.7 Å². The van der Waals surface area contributed by atoms with Gasteiger partial charge < -0.3 is 14.9 Å². The van der Waals surface area contributed by atoms with E-state index in [4.69, 9.17) is 4.74 Å². The molecule has 0 aromatic heterocycles. The molecule has 132 valence electrons. The van der Waals surface area contributed by atoms with Gasteiger partial charge in [-0.1, -0.05) is 51.5 Å². The van der Waals surface area contributed by atoms with Crippen LogP contribution in [0.4, 0.5) is 0 Å². The Kier molecular flexibility index (Phi) is 4.25. The topological polar surface area (TPSA) is 66.8 Å². The SMILES string of the molecule is C=C1C[C@@H](O)[C@H]2C(C)(C)CCC[C@]2(C)[C@H]1/C=C/C1=CC(O)OC1=O. The van der Waals surface area contributed by atoms with Gasteiger partial charge in [-0.25, -0.2) is 4.79 Å². The third-order valence-electron chi connectivity index (χ3n) is 6.35. The van der Waals surface area contributed by atoms with E-state index in [1.807, 2.05) is 6.08 Å². The minimum Gasteiger partial charge on any atom is -0.429 e. The molecule has 5 atom stereocenters. The predicted molar refractivity (Wildman–Crippen MR) is 91.8 cm³/mol. The number of aliphatic hydroxyl groups is 2. The molecule has 0 radical (unpaired) electrons. The van der Waals surface area contributed by atoms with Gasteiger partial charge >= 0.3 is 5.97 Å². The van der Waals surface area contributed by atoms with Crippen LogP contribution in [0.3, 0.4) is 0 Å². The second-order valence-electron chi connectivity index (χ2n) is 8.51. The average molecular weight is 332 g/mol. The highest BCUT2D eigenvalue weighted by Crippen LogP contribution is 2.61. The van der Waals surface area contributed by atoms with Gasteiger partial charge in [-0.2, -0.15) is 0 Å². The van der Waals surface area contributed by atoms with Crippen molar-refractivity contribution in [1.82, 2.24) is 0 Å². The van der Waals surface area contributed by atoms with Crippen molar-refractivity contribution in [3.05, 3.63) is 36.0 Å². The molecule has 4 nitrogen and oxygen atoms in total. The molecule has 0 bridgehead atoms. The van der Waals surface area contributed by atoms with Crippen LogP contribution in [0.2, 0.25) is 0 Å². The van der Waals surface area contributed by atoms with Crippen LogP contribution in [0.1, 0.15) is 46.5 Å². The van der Waals surface area contributed by atoms with Gasteiger partial charge in [0.05, 0.1) is 11.7 Å². The van der Waals surface area contributed by atoms with Crippen molar-refractivity contribution in [2.24, 2.45) is 22.7 Å². The summed E-state index contributed by atoms with van der Waals surface area (Å²) >= 11 is 0. The standard InChI is InChI=1S/C20H28O4/c1-12-10-15(21)17-19(2,3)8-5-9-20(17,4)14(12)7-6-13-11-16(22)24-18(13)23/h6-7,11,14-17,21-22H,1,5,8-10H2,2-4H3/b7-6+/t14-,15+,16?,17-,20+/m0/s1. The first-order valence-corrected chi connectivity index (χ1v) is 8.80. The van der Waals surface area contributed by atoms with Gasteiger partial charge in [0.2, 0.25) is 6.29 Å². The molecular formula is C20H28O4. The van der Waals surface area contributed by atoms with E-state index in [1.165, 1.54) is 6.08 Å². The maximum absolute atomic E-state index is 11.7. The predicted octanol–water partition coefficient (Wildman–Crippen LogP) is 3.11. The number of carbonyl (C=O) groups excluding carboxylic acids is 1. The van der Waals surface area contributed by atoms with Gasteiger partial charge in [-0.05, 0) is 42.1 Å². The van der Waals surface area contributed by atoms with Crippen LogP contribution in [0.5, 0.6) is 0 Å². The van der Waals surface area contributed by atoms with E-state index in [2.05, 4.69) is 27.4 Å². The van der Waals surface area contributed by atoms with Gasteiger partial charge in [0, 0.05) is 5.92 Å². The highest BCUT2D eigenvalue weighted by molar-refractivity contribution is 5.93. The van der Waals surface area contributed by atoms with Gasteiger partial charge in [0.15, 0.2) is 0 Å². The fraction of sp³-hybridized carbons (Fsp3) is 0.650. The normalized spacial score (nSPS) is 42.0. The van der Waals surface area contributed by atoms with Gasteiger partial charge in [-0.15, -0.1) is 0 Å². The molecule has 0 aromatic carbocycles. The molecule has 1 heterocycles.